The predicted molar refractivity (Wildman–Crippen MR) is 62.0 cm³/mol. The van der Waals surface area contributed by atoms with Crippen LogP contribution in [0.5, 0.6) is 0 Å². The molecule has 0 amide bonds. The number of aryl methyl sites for hydroxylation is 1. The summed E-state index contributed by atoms with van der Waals surface area (Å²) in [6, 6.07) is 0. The van der Waals surface area contributed by atoms with Crippen LogP contribution in [0.25, 0.3) is 0 Å². The van der Waals surface area contributed by atoms with Gasteiger partial charge in [-0.05, 0) is 26.2 Å². The van der Waals surface area contributed by atoms with E-state index in [0.717, 1.165) is 43.0 Å². The highest BCUT2D eigenvalue weighted by atomic mass is 16.5. The van der Waals surface area contributed by atoms with Gasteiger partial charge in [0.05, 0.1) is 6.10 Å². The summed E-state index contributed by atoms with van der Waals surface area (Å²) in [5, 5.41) is 0. The number of nitrogen functional groups attached to an aromatic ring is 1. The Balaban J connectivity index is 2.27. The number of nitrogens with zero attached hydrogens (tertiary/aromatic N) is 2. The third kappa shape index (κ3) is 2.15. The second-order valence-electron chi connectivity index (χ2n) is 4.16. The third-order valence-corrected chi connectivity index (χ3v) is 2.99. The van der Waals surface area contributed by atoms with Crippen molar-refractivity contribution >= 4 is 5.82 Å². The first-order chi connectivity index (χ1) is 7.74. The molecular formula is C11H18N4O. The first-order valence-corrected chi connectivity index (χ1v) is 5.62. The Bertz CT molecular complexity index is 380. The molecule has 0 aromatic carbocycles. The highest BCUT2D eigenvalue weighted by Gasteiger charge is 2.19. The molecule has 0 saturated carbocycles. The van der Waals surface area contributed by atoms with Crippen molar-refractivity contribution in [3.63, 3.8) is 0 Å². The minimum absolute atomic E-state index is 0.130. The maximum atomic E-state index is 5.48. The van der Waals surface area contributed by atoms with Gasteiger partial charge in [-0.3, -0.25) is 0 Å². The summed E-state index contributed by atoms with van der Waals surface area (Å²) < 4.78 is 5.22. The van der Waals surface area contributed by atoms with Gasteiger partial charge in [0.15, 0.2) is 0 Å². The number of hydrogen-bond acceptors (Lipinski definition) is 5. The van der Waals surface area contributed by atoms with Gasteiger partial charge in [0.25, 0.3) is 0 Å². The lowest BCUT2D eigenvalue weighted by Crippen LogP contribution is -2.17. The Labute approximate surface area is 95.4 Å². The molecule has 1 aromatic rings. The molecule has 88 valence electrons. The zero-order valence-electron chi connectivity index (χ0n) is 9.79. The van der Waals surface area contributed by atoms with Crippen LogP contribution >= 0.6 is 0 Å². The lowest BCUT2D eigenvalue weighted by molar-refractivity contribution is 0.117. The molecule has 0 bridgehead atoms. The topological polar surface area (TPSA) is 73.1 Å². The van der Waals surface area contributed by atoms with Crippen molar-refractivity contribution in [1.29, 1.82) is 0 Å². The van der Waals surface area contributed by atoms with E-state index in [4.69, 9.17) is 10.6 Å². The molecule has 3 N–H and O–H groups in total. The molecule has 0 saturated heterocycles. The summed E-state index contributed by atoms with van der Waals surface area (Å²) >= 11 is 0. The molecule has 16 heavy (non-hydrogen) atoms. The van der Waals surface area contributed by atoms with Crippen LogP contribution in [-0.2, 0) is 24.0 Å². The molecule has 1 aromatic heterocycles. The van der Waals surface area contributed by atoms with Crippen LogP contribution in [0.1, 0.15) is 30.4 Å². The molecule has 1 unspecified atom stereocenters. The van der Waals surface area contributed by atoms with Crippen LogP contribution in [0, 0.1) is 0 Å². The van der Waals surface area contributed by atoms with Gasteiger partial charge in [-0.15, -0.1) is 0 Å². The van der Waals surface area contributed by atoms with Gasteiger partial charge in [0.2, 0.25) is 0 Å². The number of aromatic nitrogens is 2. The van der Waals surface area contributed by atoms with Crippen LogP contribution < -0.4 is 11.3 Å². The molecule has 2 rings (SSSR count). The van der Waals surface area contributed by atoms with E-state index in [9.17, 15) is 0 Å². The fraction of sp³-hybridized carbons (Fsp3) is 0.636. The zero-order chi connectivity index (χ0) is 11.5. The van der Waals surface area contributed by atoms with E-state index >= 15 is 0 Å². The van der Waals surface area contributed by atoms with Crippen molar-refractivity contribution in [2.24, 2.45) is 5.84 Å². The van der Waals surface area contributed by atoms with Gasteiger partial charge >= 0.3 is 0 Å². The molecule has 0 fully saturated rings. The monoisotopic (exact) mass is 222 g/mol. The van der Waals surface area contributed by atoms with Gasteiger partial charge in [-0.1, -0.05) is 0 Å². The van der Waals surface area contributed by atoms with Crippen LogP contribution in [0.15, 0.2) is 0 Å². The van der Waals surface area contributed by atoms with E-state index in [1.165, 1.54) is 5.56 Å². The van der Waals surface area contributed by atoms with E-state index in [1.54, 1.807) is 7.11 Å². The minimum atomic E-state index is 0.130. The van der Waals surface area contributed by atoms with E-state index in [2.05, 4.69) is 15.4 Å². The molecule has 0 spiro atoms. The number of nitrogens with two attached hydrogens (primary N) is 1. The van der Waals surface area contributed by atoms with Gasteiger partial charge in [0.1, 0.15) is 11.6 Å². The number of hydrazine groups is 1. The first kappa shape index (κ1) is 11.3. The molecule has 1 aliphatic rings. The van der Waals surface area contributed by atoms with Crippen molar-refractivity contribution in [3.8, 4) is 0 Å². The Morgan fingerprint density at radius 3 is 2.94 bits per heavy atom. The number of methoxy groups -OCH3 is 1. The van der Waals surface area contributed by atoms with Crippen molar-refractivity contribution < 1.29 is 4.74 Å². The second-order valence-corrected chi connectivity index (χ2v) is 4.16. The molecular weight excluding hydrogens is 204 g/mol. The third-order valence-electron chi connectivity index (χ3n) is 2.99. The number of fused-ring (bicyclic) bond motifs is 1. The summed E-state index contributed by atoms with van der Waals surface area (Å²) in [4.78, 5) is 8.99. The van der Waals surface area contributed by atoms with Crippen molar-refractivity contribution in [1.82, 2.24) is 9.97 Å². The largest absolute Gasteiger partial charge is 0.381 e. The molecule has 1 aliphatic carbocycles. The highest BCUT2D eigenvalue weighted by molar-refractivity contribution is 5.47. The Hall–Kier alpha value is -1.20. The van der Waals surface area contributed by atoms with E-state index in [0.29, 0.717) is 0 Å². The number of hydrogen-bond donors (Lipinski definition) is 2. The minimum Gasteiger partial charge on any atom is -0.381 e. The molecule has 5 nitrogen and oxygen atoms in total. The summed E-state index contributed by atoms with van der Waals surface area (Å²) in [5.74, 6) is 7.07. The van der Waals surface area contributed by atoms with Crippen molar-refractivity contribution in [2.45, 2.75) is 38.7 Å². The highest BCUT2D eigenvalue weighted by Crippen LogP contribution is 2.25. The molecule has 1 heterocycles. The van der Waals surface area contributed by atoms with Gasteiger partial charge in [0, 0.05) is 24.8 Å². The average Bonchev–Trinajstić information content (AvgIpc) is 2.75. The summed E-state index contributed by atoms with van der Waals surface area (Å²) in [7, 11) is 1.69. The van der Waals surface area contributed by atoms with Crippen LogP contribution in [0.2, 0.25) is 0 Å². The van der Waals surface area contributed by atoms with E-state index in [-0.39, 0.29) is 6.10 Å². The number of ether oxygens (including phenoxy) is 1. The fourth-order valence-electron chi connectivity index (χ4n) is 2.03. The smallest absolute Gasteiger partial charge is 0.147 e. The summed E-state index contributed by atoms with van der Waals surface area (Å²) in [6.45, 7) is 2.01. The van der Waals surface area contributed by atoms with Crippen LogP contribution in [0.3, 0.4) is 0 Å². The standard InChI is InChI=1S/C11H18N4O/c1-7(16-2)6-10-13-9-5-3-4-8(9)11(14-10)15-12/h7H,3-6,12H2,1-2H3,(H,13,14,15). The Morgan fingerprint density at radius 2 is 2.25 bits per heavy atom. The normalized spacial score (nSPS) is 15.9. The Kier molecular flexibility index (Phi) is 3.36. The Morgan fingerprint density at radius 1 is 1.44 bits per heavy atom. The van der Waals surface area contributed by atoms with Crippen molar-refractivity contribution in [2.75, 3.05) is 12.5 Å². The van der Waals surface area contributed by atoms with Crippen molar-refractivity contribution in [3.05, 3.63) is 17.1 Å². The number of rotatable bonds is 4. The van der Waals surface area contributed by atoms with Gasteiger partial charge < -0.3 is 10.2 Å². The first-order valence-electron chi connectivity index (χ1n) is 5.62. The van der Waals surface area contributed by atoms with Gasteiger partial charge in [-0.25, -0.2) is 15.8 Å². The SMILES string of the molecule is COC(C)Cc1nc2c(c(NN)n1)CCC2. The summed E-state index contributed by atoms with van der Waals surface area (Å²) in [5.41, 5.74) is 4.98. The lowest BCUT2D eigenvalue weighted by atomic mass is 10.2. The molecule has 0 aliphatic heterocycles. The maximum Gasteiger partial charge on any atom is 0.147 e. The average molecular weight is 222 g/mol. The lowest BCUT2D eigenvalue weighted by Gasteiger charge is -2.12. The van der Waals surface area contributed by atoms with E-state index < -0.39 is 0 Å². The maximum absolute atomic E-state index is 5.48. The zero-order valence-corrected chi connectivity index (χ0v) is 9.79. The predicted octanol–water partition coefficient (Wildman–Crippen LogP) is 0.828. The number of anilines is 1. The quantitative estimate of drug-likeness (QED) is 0.583. The number of nitrogens with one attached hydrogen (secondary N) is 1. The summed E-state index contributed by atoms with van der Waals surface area (Å²) in [6.07, 6.45) is 4.04. The molecule has 5 heteroatoms. The molecule has 1 atom stereocenters. The van der Waals surface area contributed by atoms with Crippen LogP contribution in [0.4, 0.5) is 5.82 Å². The van der Waals surface area contributed by atoms with Gasteiger partial charge in [-0.2, -0.15) is 0 Å². The second kappa shape index (κ2) is 4.76. The van der Waals surface area contributed by atoms with Crippen LogP contribution in [-0.4, -0.2) is 23.2 Å². The molecule has 0 radical (unpaired) electrons. The van der Waals surface area contributed by atoms with E-state index in [1.807, 2.05) is 6.92 Å². The fourth-order valence-corrected chi connectivity index (χ4v) is 2.03.